The van der Waals surface area contributed by atoms with Crippen molar-refractivity contribution in [1.29, 1.82) is 0 Å². The van der Waals surface area contributed by atoms with Crippen LogP contribution in [0.15, 0.2) is 23.4 Å². The van der Waals surface area contributed by atoms with E-state index in [-0.39, 0.29) is 36.9 Å². The van der Waals surface area contributed by atoms with Crippen molar-refractivity contribution in [2.24, 2.45) is 5.16 Å². The number of amides is 2. The van der Waals surface area contributed by atoms with Gasteiger partial charge in [0.25, 0.3) is 0 Å². The molecule has 2 aliphatic heterocycles. The van der Waals surface area contributed by atoms with Crippen LogP contribution in [0, 0.1) is 5.82 Å². The third-order valence-electron chi connectivity index (χ3n) is 4.58. The number of nitrogens with one attached hydrogen (secondary N) is 1. The number of aliphatic hydroxyl groups is 1. The molecule has 2 unspecified atom stereocenters. The minimum absolute atomic E-state index is 0.111. The zero-order valence-electron chi connectivity index (χ0n) is 14.8. The number of piperidine rings is 1. The molecule has 0 radical (unpaired) electrons. The first kappa shape index (κ1) is 18.9. The number of carbonyl (C=O) groups is 2. The van der Waals surface area contributed by atoms with Crippen LogP contribution in [-0.2, 0) is 9.53 Å². The lowest BCUT2D eigenvalue weighted by Crippen LogP contribution is -2.44. The minimum Gasteiger partial charge on any atom is -0.442 e. The van der Waals surface area contributed by atoms with Crippen LogP contribution in [0.1, 0.15) is 13.3 Å². The maximum absolute atomic E-state index is 14.6. The van der Waals surface area contributed by atoms with Crippen LogP contribution in [-0.4, -0.2) is 66.4 Å². The van der Waals surface area contributed by atoms with Crippen LogP contribution in [0.3, 0.4) is 0 Å². The van der Waals surface area contributed by atoms with Gasteiger partial charge in [0.05, 0.1) is 30.2 Å². The summed E-state index contributed by atoms with van der Waals surface area (Å²) in [5, 5.41) is 24.4. The highest BCUT2D eigenvalue weighted by Crippen LogP contribution is 2.29. The zero-order valence-corrected chi connectivity index (χ0v) is 14.8. The fourth-order valence-corrected chi connectivity index (χ4v) is 3.17. The number of ether oxygens (including phenoxy) is 1. The number of benzene rings is 1. The Morgan fingerprint density at radius 2 is 2.22 bits per heavy atom. The van der Waals surface area contributed by atoms with Crippen molar-refractivity contribution in [3.63, 3.8) is 0 Å². The number of hydrogen-bond donors (Lipinski definition) is 3. The Hall–Kier alpha value is -2.88. The fourth-order valence-electron chi connectivity index (χ4n) is 3.17. The lowest BCUT2D eigenvalue weighted by Gasteiger charge is -2.32. The molecule has 10 heteroatoms. The molecule has 146 valence electrons. The molecule has 9 nitrogen and oxygen atoms in total. The van der Waals surface area contributed by atoms with Gasteiger partial charge >= 0.3 is 6.09 Å². The number of hydrogen-bond acceptors (Lipinski definition) is 7. The SMILES string of the molecule is CC(=O)NCC1CN(c2ccc(N3CCC(=NO)C(O)C3)c(F)c2)C(=O)O1. The number of β-amino-alcohol motifs (C(OH)–C–C–N with tert-alkyl or cyclic N) is 1. The Labute approximate surface area is 155 Å². The highest BCUT2D eigenvalue weighted by Gasteiger charge is 2.33. The van der Waals surface area contributed by atoms with E-state index < -0.39 is 24.1 Å². The average molecular weight is 380 g/mol. The van der Waals surface area contributed by atoms with Crippen LogP contribution in [0.2, 0.25) is 0 Å². The summed E-state index contributed by atoms with van der Waals surface area (Å²) in [6.45, 7) is 2.28. The van der Waals surface area contributed by atoms with E-state index in [4.69, 9.17) is 9.94 Å². The Kier molecular flexibility index (Phi) is 5.45. The number of nitrogens with zero attached hydrogens (tertiary/aromatic N) is 3. The van der Waals surface area contributed by atoms with E-state index in [1.54, 1.807) is 11.0 Å². The Bertz CT molecular complexity index is 772. The first-order valence-corrected chi connectivity index (χ1v) is 8.55. The van der Waals surface area contributed by atoms with Gasteiger partial charge in [-0.05, 0) is 18.2 Å². The highest BCUT2D eigenvalue weighted by atomic mass is 19.1. The van der Waals surface area contributed by atoms with Crippen LogP contribution in [0.4, 0.5) is 20.6 Å². The van der Waals surface area contributed by atoms with E-state index in [0.29, 0.717) is 18.7 Å². The number of oxime groups is 1. The van der Waals surface area contributed by atoms with Crippen molar-refractivity contribution in [2.75, 3.05) is 36.0 Å². The van der Waals surface area contributed by atoms with Crippen LogP contribution < -0.4 is 15.1 Å². The summed E-state index contributed by atoms with van der Waals surface area (Å²) in [6.07, 6.45) is -1.75. The molecule has 27 heavy (non-hydrogen) atoms. The molecular weight excluding hydrogens is 359 g/mol. The van der Waals surface area contributed by atoms with Crippen molar-refractivity contribution in [3.05, 3.63) is 24.0 Å². The summed E-state index contributed by atoms with van der Waals surface area (Å²) in [7, 11) is 0. The van der Waals surface area contributed by atoms with Gasteiger partial charge in [0, 0.05) is 26.4 Å². The predicted octanol–water partition coefficient (Wildman–Crippen LogP) is 0.688. The third-order valence-corrected chi connectivity index (χ3v) is 4.58. The summed E-state index contributed by atoms with van der Waals surface area (Å²) >= 11 is 0. The number of rotatable bonds is 4. The number of halogens is 1. The van der Waals surface area contributed by atoms with Gasteiger partial charge in [-0.3, -0.25) is 9.69 Å². The lowest BCUT2D eigenvalue weighted by molar-refractivity contribution is -0.119. The summed E-state index contributed by atoms with van der Waals surface area (Å²) in [5.41, 5.74) is 0.909. The Morgan fingerprint density at radius 1 is 1.44 bits per heavy atom. The molecule has 1 aromatic carbocycles. The van der Waals surface area contributed by atoms with Gasteiger partial charge in [-0.1, -0.05) is 5.16 Å². The van der Waals surface area contributed by atoms with E-state index >= 15 is 0 Å². The van der Waals surface area contributed by atoms with E-state index in [0.717, 1.165) is 0 Å². The second-order valence-electron chi connectivity index (χ2n) is 6.49. The molecule has 1 aromatic rings. The number of anilines is 2. The van der Waals surface area contributed by atoms with Gasteiger partial charge in [0.15, 0.2) is 0 Å². The monoisotopic (exact) mass is 380 g/mol. The molecule has 2 aliphatic rings. The third kappa shape index (κ3) is 4.11. The number of cyclic esters (lactones) is 1. The highest BCUT2D eigenvalue weighted by molar-refractivity contribution is 5.91. The number of carbonyl (C=O) groups excluding carboxylic acids is 2. The van der Waals surface area contributed by atoms with Crippen molar-refractivity contribution in [1.82, 2.24) is 5.32 Å². The lowest BCUT2D eigenvalue weighted by atomic mass is 10.0. The topological polar surface area (TPSA) is 115 Å². The Morgan fingerprint density at radius 3 is 2.85 bits per heavy atom. The Balaban J connectivity index is 1.70. The van der Waals surface area contributed by atoms with Gasteiger partial charge in [-0.25, -0.2) is 9.18 Å². The molecule has 2 atom stereocenters. The molecule has 3 rings (SSSR count). The predicted molar refractivity (Wildman–Crippen MR) is 94.8 cm³/mol. The molecule has 2 heterocycles. The summed E-state index contributed by atoms with van der Waals surface area (Å²) in [4.78, 5) is 26.0. The minimum atomic E-state index is -0.967. The van der Waals surface area contributed by atoms with Gasteiger partial charge < -0.3 is 25.3 Å². The van der Waals surface area contributed by atoms with Crippen LogP contribution in [0.5, 0.6) is 0 Å². The zero-order chi connectivity index (χ0) is 19.6. The molecular formula is C17H21FN4O5. The summed E-state index contributed by atoms with van der Waals surface area (Å²) in [6, 6.07) is 4.37. The average Bonchev–Trinajstić information content (AvgIpc) is 3.00. The molecule has 3 N–H and O–H groups in total. The van der Waals surface area contributed by atoms with E-state index in [9.17, 15) is 19.1 Å². The molecule has 0 bridgehead atoms. The second-order valence-corrected chi connectivity index (χ2v) is 6.49. The first-order valence-electron chi connectivity index (χ1n) is 8.55. The summed E-state index contributed by atoms with van der Waals surface area (Å²) in [5.74, 6) is -0.764. The van der Waals surface area contributed by atoms with Crippen molar-refractivity contribution < 1.29 is 29.0 Å². The molecule has 2 fully saturated rings. The second kappa shape index (κ2) is 7.78. The molecule has 2 amide bonds. The fraction of sp³-hybridized carbons (Fsp3) is 0.471. The normalized spacial score (nSPS) is 24.3. The quantitative estimate of drug-likeness (QED) is 0.523. The maximum Gasteiger partial charge on any atom is 0.414 e. The van der Waals surface area contributed by atoms with E-state index in [2.05, 4.69) is 10.5 Å². The largest absolute Gasteiger partial charge is 0.442 e. The molecule has 0 aromatic heterocycles. The van der Waals surface area contributed by atoms with Gasteiger partial charge in [-0.15, -0.1) is 0 Å². The smallest absolute Gasteiger partial charge is 0.414 e. The first-order chi connectivity index (χ1) is 12.9. The maximum atomic E-state index is 14.6. The van der Waals surface area contributed by atoms with E-state index in [1.807, 2.05) is 0 Å². The molecule has 2 saturated heterocycles. The van der Waals surface area contributed by atoms with Gasteiger partial charge in [-0.2, -0.15) is 0 Å². The molecule has 0 saturated carbocycles. The van der Waals surface area contributed by atoms with Crippen molar-refractivity contribution in [3.8, 4) is 0 Å². The molecule has 0 aliphatic carbocycles. The van der Waals surface area contributed by atoms with Crippen molar-refractivity contribution in [2.45, 2.75) is 25.6 Å². The van der Waals surface area contributed by atoms with E-state index in [1.165, 1.54) is 24.0 Å². The van der Waals surface area contributed by atoms with Gasteiger partial charge in [0.1, 0.15) is 18.0 Å². The molecule has 0 spiro atoms. The van der Waals surface area contributed by atoms with Crippen LogP contribution in [0.25, 0.3) is 0 Å². The number of aliphatic hydroxyl groups excluding tert-OH is 1. The standard InChI is InChI=1S/C17H21FN4O5/c1-10(23)19-7-12-8-22(17(25)27-12)11-2-3-15(13(18)6-11)21-5-4-14(20-26)16(24)9-21/h2-3,6,12,16,24,26H,4-5,7-9H2,1H3,(H,19,23). The van der Waals surface area contributed by atoms with Crippen molar-refractivity contribution >= 4 is 29.1 Å². The summed E-state index contributed by atoms with van der Waals surface area (Å²) < 4.78 is 19.8. The van der Waals surface area contributed by atoms with Crippen LogP contribution >= 0.6 is 0 Å². The van der Waals surface area contributed by atoms with Gasteiger partial charge in [0.2, 0.25) is 5.91 Å².